The molecule has 0 aliphatic carbocycles. The van der Waals surface area contributed by atoms with E-state index in [0.29, 0.717) is 36.1 Å². The summed E-state index contributed by atoms with van der Waals surface area (Å²) in [5.74, 6) is 0.547. The minimum absolute atomic E-state index is 0.136. The summed E-state index contributed by atoms with van der Waals surface area (Å²) in [7, 11) is 3.14. The molecule has 2 aromatic carbocycles. The van der Waals surface area contributed by atoms with Crippen LogP contribution < -0.4 is 19.8 Å². The lowest BCUT2D eigenvalue weighted by Gasteiger charge is -2.25. The van der Waals surface area contributed by atoms with E-state index in [1.165, 1.54) is 5.01 Å². The van der Waals surface area contributed by atoms with Crippen molar-refractivity contribution in [1.82, 2.24) is 0 Å². The predicted molar refractivity (Wildman–Crippen MR) is 119 cm³/mol. The second-order valence-electron chi connectivity index (χ2n) is 7.20. The first-order valence-corrected chi connectivity index (χ1v) is 10.0. The van der Waals surface area contributed by atoms with Gasteiger partial charge in [-0.05, 0) is 43.2 Å². The maximum atomic E-state index is 12.9. The lowest BCUT2D eigenvalue weighted by molar-refractivity contribution is -0.118. The molecule has 0 aromatic heterocycles. The van der Waals surface area contributed by atoms with Crippen LogP contribution in [0.4, 0.5) is 11.4 Å². The summed E-state index contributed by atoms with van der Waals surface area (Å²) < 4.78 is 16.0. The van der Waals surface area contributed by atoms with Gasteiger partial charge in [0.15, 0.2) is 11.5 Å². The number of nitrogens with one attached hydrogen (secondary N) is 1. The van der Waals surface area contributed by atoms with E-state index in [0.717, 1.165) is 11.1 Å². The van der Waals surface area contributed by atoms with Crippen LogP contribution in [0.15, 0.2) is 41.5 Å². The lowest BCUT2D eigenvalue weighted by Crippen LogP contribution is -2.36. The van der Waals surface area contributed by atoms with Crippen molar-refractivity contribution in [2.24, 2.45) is 5.10 Å². The van der Waals surface area contributed by atoms with Gasteiger partial charge in [0.25, 0.3) is 5.91 Å². The molecule has 1 heterocycles. The third-order valence-corrected chi connectivity index (χ3v) is 4.85. The van der Waals surface area contributed by atoms with Crippen molar-refractivity contribution in [1.29, 1.82) is 0 Å². The van der Waals surface area contributed by atoms with E-state index in [1.807, 2.05) is 32.0 Å². The molecule has 0 fully saturated rings. The Morgan fingerprint density at radius 3 is 2.61 bits per heavy atom. The minimum atomic E-state index is -0.365. The molecule has 31 heavy (non-hydrogen) atoms. The third-order valence-electron chi connectivity index (χ3n) is 4.85. The first-order valence-electron chi connectivity index (χ1n) is 10.0. The topological polar surface area (TPSA) is 89.5 Å². The second-order valence-corrected chi connectivity index (χ2v) is 7.20. The van der Waals surface area contributed by atoms with Crippen LogP contribution >= 0.6 is 0 Å². The Morgan fingerprint density at radius 2 is 1.87 bits per heavy atom. The van der Waals surface area contributed by atoms with Gasteiger partial charge in [0, 0.05) is 31.7 Å². The minimum Gasteiger partial charge on any atom is -0.493 e. The average molecular weight is 425 g/mol. The van der Waals surface area contributed by atoms with Gasteiger partial charge in [-0.2, -0.15) is 5.10 Å². The van der Waals surface area contributed by atoms with Crippen LogP contribution in [-0.4, -0.2) is 45.0 Å². The summed E-state index contributed by atoms with van der Waals surface area (Å²) in [5.41, 5.74) is 3.44. The lowest BCUT2D eigenvalue weighted by atomic mass is 10.1. The Hall–Kier alpha value is -3.39. The van der Waals surface area contributed by atoms with Gasteiger partial charge in [-0.3, -0.25) is 9.59 Å². The van der Waals surface area contributed by atoms with Gasteiger partial charge in [0.2, 0.25) is 5.91 Å². The zero-order valence-corrected chi connectivity index (χ0v) is 18.2. The van der Waals surface area contributed by atoms with Crippen LogP contribution in [0.3, 0.4) is 0 Å². The van der Waals surface area contributed by atoms with Crippen molar-refractivity contribution in [3.05, 3.63) is 47.5 Å². The largest absolute Gasteiger partial charge is 0.493 e. The van der Waals surface area contributed by atoms with E-state index in [1.54, 1.807) is 32.4 Å². The number of amides is 2. The van der Waals surface area contributed by atoms with Crippen molar-refractivity contribution in [2.45, 2.75) is 26.7 Å². The number of nitrogens with zero attached hydrogens (tertiary/aromatic N) is 2. The smallest absolute Gasteiger partial charge is 0.271 e. The quantitative estimate of drug-likeness (QED) is 0.655. The molecule has 2 aromatic rings. The molecule has 0 radical (unpaired) electrons. The molecule has 0 bridgehead atoms. The van der Waals surface area contributed by atoms with Crippen LogP contribution in [0.5, 0.6) is 11.5 Å². The Balaban J connectivity index is 1.80. The fraction of sp³-hybridized carbons (Fsp3) is 0.348. The number of hydrogen-bond donors (Lipinski definition) is 1. The van der Waals surface area contributed by atoms with Crippen molar-refractivity contribution >= 4 is 28.9 Å². The molecule has 0 saturated carbocycles. The highest BCUT2D eigenvalue weighted by Crippen LogP contribution is 2.30. The van der Waals surface area contributed by atoms with Gasteiger partial charge in [-0.15, -0.1) is 0 Å². The molecule has 0 unspecified atom stereocenters. The summed E-state index contributed by atoms with van der Waals surface area (Å²) in [6.07, 6.45) is 0.493. The number of anilines is 2. The number of hydrogen-bond acceptors (Lipinski definition) is 6. The summed E-state index contributed by atoms with van der Waals surface area (Å²) in [5, 5.41) is 8.52. The van der Waals surface area contributed by atoms with Crippen LogP contribution in [-0.2, 0) is 14.3 Å². The molecular formula is C23H27N3O5. The number of rotatable bonds is 8. The van der Waals surface area contributed by atoms with Crippen LogP contribution in [0, 0.1) is 13.8 Å². The molecule has 8 heteroatoms. The first-order chi connectivity index (χ1) is 14.9. The molecule has 164 valence electrons. The zero-order valence-electron chi connectivity index (χ0n) is 18.2. The molecule has 2 amide bonds. The van der Waals surface area contributed by atoms with Gasteiger partial charge in [-0.1, -0.05) is 12.1 Å². The number of ether oxygens (including phenoxy) is 3. The van der Waals surface area contributed by atoms with Gasteiger partial charge in [0.05, 0.1) is 19.4 Å². The van der Waals surface area contributed by atoms with E-state index in [9.17, 15) is 9.59 Å². The van der Waals surface area contributed by atoms with Crippen molar-refractivity contribution in [2.75, 3.05) is 37.8 Å². The maximum Gasteiger partial charge on any atom is 0.271 e. The molecule has 0 saturated heterocycles. The van der Waals surface area contributed by atoms with Gasteiger partial charge in [-0.25, -0.2) is 5.01 Å². The number of benzene rings is 2. The molecular weight excluding hydrogens is 398 g/mol. The van der Waals surface area contributed by atoms with Crippen LogP contribution in [0.1, 0.15) is 24.0 Å². The highest BCUT2D eigenvalue weighted by atomic mass is 16.5. The normalized spacial score (nSPS) is 13.6. The molecule has 3 rings (SSSR count). The first kappa shape index (κ1) is 22.3. The zero-order chi connectivity index (χ0) is 22.4. The second kappa shape index (κ2) is 10.1. The van der Waals surface area contributed by atoms with E-state index < -0.39 is 0 Å². The molecule has 8 nitrogen and oxygen atoms in total. The average Bonchev–Trinajstić information content (AvgIpc) is 2.76. The van der Waals surface area contributed by atoms with Crippen LogP contribution in [0.2, 0.25) is 0 Å². The monoisotopic (exact) mass is 425 g/mol. The number of carbonyl (C=O) groups is 2. The fourth-order valence-corrected chi connectivity index (χ4v) is 3.16. The Morgan fingerprint density at radius 1 is 1.06 bits per heavy atom. The Kier molecular flexibility index (Phi) is 7.25. The molecule has 1 N–H and O–H groups in total. The van der Waals surface area contributed by atoms with Crippen LogP contribution in [0.25, 0.3) is 0 Å². The molecule has 1 aliphatic heterocycles. The number of aryl methyl sites for hydroxylation is 2. The number of methoxy groups -OCH3 is 2. The van der Waals surface area contributed by atoms with Crippen molar-refractivity contribution < 1.29 is 23.8 Å². The summed E-state index contributed by atoms with van der Waals surface area (Å²) in [6, 6.07) is 10.9. The molecule has 1 aliphatic rings. The number of hydrazone groups is 1. The van der Waals surface area contributed by atoms with Crippen molar-refractivity contribution in [3.63, 3.8) is 0 Å². The molecule has 0 atom stereocenters. The number of carbonyl (C=O) groups excluding carboxylic acids is 2. The highest BCUT2D eigenvalue weighted by Gasteiger charge is 2.26. The summed E-state index contributed by atoms with van der Waals surface area (Å²) >= 11 is 0. The summed E-state index contributed by atoms with van der Waals surface area (Å²) in [6.45, 7) is 4.64. The Labute approximate surface area is 181 Å². The SMILES string of the molecule is COCCOc1cc(NC(=O)C2=NN(c3cc(C)ccc3C)C(=O)CC2)ccc1OC. The Bertz CT molecular complexity index is 1000. The van der Waals surface area contributed by atoms with Crippen molar-refractivity contribution in [3.8, 4) is 11.5 Å². The standard InChI is InChI=1S/C23H27N3O5/c1-15-5-6-16(2)19(13-15)26-22(27)10-8-18(25-26)23(28)24-17-7-9-20(30-4)21(14-17)31-12-11-29-3/h5-7,9,13-14H,8,10-12H2,1-4H3,(H,24,28). The van der Waals surface area contributed by atoms with E-state index >= 15 is 0 Å². The van der Waals surface area contributed by atoms with Gasteiger partial charge >= 0.3 is 0 Å². The predicted octanol–water partition coefficient (Wildman–Crippen LogP) is 3.46. The summed E-state index contributed by atoms with van der Waals surface area (Å²) in [4.78, 5) is 25.3. The third kappa shape index (κ3) is 5.40. The highest BCUT2D eigenvalue weighted by molar-refractivity contribution is 6.44. The molecule has 0 spiro atoms. The maximum absolute atomic E-state index is 12.9. The van der Waals surface area contributed by atoms with Gasteiger partial charge < -0.3 is 19.5 Å². The van der Waals surface area contributed by atoms with E-state index in [2.05, 4.69) is 10.4 Å². The fourth-order valence-electron chi connectivity index (χ4n) is 3.16. The van der Waals surface area contributed by atoms with E-state index in [4.69, 9.17) is 14.2 Å². The van der Waals surface area contributed by atoms with Gasteiger partial charge in [0.1, 0.15) is 12.3 Å². The van der Waals surface area contributed by atoms with E-state index in [-0.39, 0.29) is 30.4 Å².